The van der Waals surface area contributed by atoms with E-state index in [0.29, 0.717) is 11.3 Å². The molecule has 11 heavy (non-hydrogen) atoms. The third kappa shape index (κ3) is 3.37. The van der Waals surface area contributed by atoms with Crippen molar-refractivity contribution >= 4 is 12.0 Å². The van der Waals surface area contributed by atoms with Gasteiger partial charge in [-0.15, -0.1) is 0 Å². The molecule has 0 heterocycles. The average Bonchev–Trinajstić information content (AvgIpc) is 2.08. The number of aldehydes is 1. The Kier molecular flexibility index (Phi) is 4.77. The molecule has 0 unspecified atom stereocenters. The van der Waals surface area contributed by atoms with Gasteiger partial charge >= 0.3 is 0 Å². The van der Waals surface area contributed by atoms with Crippen molar-refractivity contribution in [3.63, 3.8) is 0 Å². The Morgan fingerprint density at radius 1 is 1.36 bits per heavy atom. The van der Waals surface area contributed by atoms with Crippen LogP contribution in [0.15, 0.2) is 24.3 Å². The van der Waals surface area contributed by atoms with Gasteiger partial charge in [0.05, 0.1) is 0 Å². The van der Waals surface area contributed by atoms with Gasteiger partial charge < -0.3 is 11.5 Å². The minimum absolute atomic E-state index is 0.620. The molecule has 3 heteroatoms. The third-order valence-corrected chi connectivity index (χ3v) is 1.05. The van der Waals surface area contributed by atoms with Gasteiger partial charge in [-0.3, -0.25) is 4.79 Å². The average molecular weight is 152 g/mol. The summed E-state index contributed by atoms with van der Waals surface area (Å²) in [6.45, 7) is 0. The number of carbonyl (C=O) groups excluding carboxylic acids is 1. The van der Waals surface area contributed by atoms with Crippen LogP contribution in [0.1, 0.15) is 10.4 Å². The molecule has 0 aliphatic heterocycles. The molecule has 3 nitrogen and oxygen atoms in total. The molecule has 4 N–H and O–H groups in total. The molecule has 0 atom stereocenters. The third-order valence-electron chi connectivity index (χ3n) is 1.05. The smallest absolute Gasteiger partial charge is 0.150 e. The Bertz CT molecular complexity index is 223. The van der Waals surface area contributed by atoms with Crippen LogP contribution in [0.25, 0.3) is 0 Å². The topological polar surface area (TPSA) is 69.1 Å². The Labute approximate surface area is 66.0 Å². The summed E-state index contributed by atoms with van der Waals surface area (Å²) >= 11 is 0. The van der Waals surface area contributed by atoms with Crippen molar-refractivity contribution in [2.75, 3.05) is 12.8 Å². The zero-order valence-electron chi connectivity index (χ0n) is 6.45. The fraction of sp³-hybridized carbons (Fsp3) is 0.125. The lowest BCUT2D eigenvalue weighted by Gasteiger charge is -1.90. The predicted octanol–water partition coefficient (Wildman–Crippen LogP) is 0.656. The maximum Gasteiger partial charge on any atom is 0.150 e. The van der Waals surface area contributed by atoms with E-state index in [4.69, 9.17) is 5.73 Å². The highest BCUT2D eigenvalue weighted by atomic mass is 16.1. The van der Waals surface area contributed by atoms with Crippen molar-refractivity contribution in [3.05, 3.63) is 29.8 Å². The highest BCUT2D eigenvalue weighted by Crippen LogP contribution is 2.02. The number of benzene rings is 1. The summed E-state index contributed by atoms with van der Waals surface area (Å²) in [6, 6.07) is 6.84. The van der Waals surface area contributed by atoms with E-state index in [0.717, 1.165) is 6.29 Å². The van der Waals surface area contributed by atoms with E-state index >= 15 is 0 Å². The first-order valence-electron chi connectivity index (χ1n) is 3.21. The SMILES string of the molecule is CN.Nc1cccc(C=O)c1. The van der Waals surface area contributed by atoms with E-state index in [1.807, 2.05) is 0 Å². The van der Waals surface area contributed by atoms with Crippen LogP contribution in [-0.2, 0) is 0 Å². The lowest BCUT2D eigenvalue weighted by atomic mass is 10.2. The first-order valence-corrected chi connectivity index (χ1v) is 3.21. The Morgan fingerprint density at radius 3 is 2.36 bits per heavy atom. The standard InChI is InChI=1S/C7H7NO.CH5N/c8-7-3-1-2-6(4-7)5-9;1-2/h1-5H,8H2;2H2,1H3. The predicted molar refractivity (Wildman–Crippen MR) is 46.4 cm³/mol. The second-order valence-corrected chi connectivity index (χ2v) is 1.79. The molecule has 0 bridgehead atoms. The summed E-state index contributed by atoms with van der Waals surface area (Å²) in [5, 5.41) is 0. The number of hydrogen-bond acceptors (Lipinski definition) is 3. The molecule has 0 aliphatic carbocycles. The van der Waals surface area contributed by atoms with Crippen molar-refractivity contribution in [3.8, 4) is 0 Å². The largest absolute Gasteiger partial charge is 0.399 e. The van der Waals surface area contributed by atoms with E-state index in [-0.39, 0.29) is 0 Å². The second-order valence-electron chi connectivity index (χ2n) is 1.79. The van der Waals surface area contributed by atoms with Gasteiger partial charge in [-0.25, -0.2) is 0 Å². The number of hydrogen-bond donors (Lipinski definition) is 2. The summed E-state index contributed by atoms with van der Waals surface area (Å²) < 4.78 is 0. The first-order chi connectivity index (χ1) is 5.33. The lowest BCUT2D eigenvalue weighted by molar-refractivity contribution is 0.112. The Morgan fingerprint density at radius 2 is 2.00 bits per heavy atom. The molecular formula is C8H12N2O. The van der Waals surface area contributed by atoms with E-state index in [2.05, 4.69) is 5.73 Å². The molecule has 0 spiro atoms. The number of rotatable bonds is 1. The molecule has 0 amide bonds. The van der Waals surface area contributed by atoms with Crippen molar-refractivity contribution in [2.24, 2.45) is 5.73 Å². The normalized spacial score (nSPS) is 7.82. The molecular weight excluding hydrogens is 140 g/mol. The van der Waals surface area contributed by atoms with Crippen LogP contribution in [-0.4, -0.2) is 13.3 Å². The van der Waals surface area contributed by atoms with Crippen LogP contribution in [0.2, 0.25) is 0 Å². The van der Waals surface area contributed by atoms with Crippen molar-refractivity contribution in [2.45, 2.75) is 0 Å². The van der Waals surface area contributed by atoms with Crippen LogP contribution >= 0.6 is 0 Å². The van der Waals surface area contributed by atoms with Crippen LogP contribution in [0.5, 0.6) is 0 Å². The molecule has 0 saturated carbocycles. The number of nitrogens with two attached hydrogens (primary N) is 2. The minimum Gasteiger partial charge on any atom is -0.399 e. The van der Waals surface area contributed by atoms with Crippen molar-refractivity contribution in [1.82, 2.24) is 0 Å². The van der Waals surface area contributed by atoms with Gasteiger partial charge in [0, 0.05) is 11.3 Å². The summed E-state index contributed by atoms with van der Waals surface area (Å²) in [5.41, 5.74) is 11.1. The van der Waals surface area contributed by atoms with Gasteiger partial charge in [0.1, 0.15) is 6.29 Å². The molecule has 0 fully saturated rings. The van der Waals surface area contributed by atoms with E-state index in [1.54, 1.807) is 24.3 Å². The molecule has 1 aromatic carbocycles. The van der Waals surface area contributed by atoms with Gasteiger partial charge in [-0.1, -0.05) is 12.1 Å². The Hall–Kier alpha value is -1.35. The number of anilines is 1. The van der Waals surface area contributed by atoms with Gasteiger partial charge in [0.2, 0.25) is 0 Å². The molecule has 0 aliphatic rings. The lowest BCUT2D eigenvalue weighted by Crippen LogP contribution is -1.85. The summed E-state index contributed by atoms with van der Waals surface area (Å²) in [6.07, 6.45) is 0.774. The van der Waals surface area contributed by atoms with Crippen molar-refractivity contribution < 1.29 is 4.79 Å². The fourth-order valence-corrected chi connectivity index (χ4v) is 0.632. The monoisotopic (exact) mass is 152 g/mol. The van der Waals surface area contributed by atoms with Gasteiger partial charge in [-0.05, 0) is 19.2 Å². The molecule has 1 rings (SSSR count). The first kappa shape index (κ1) is 9.65. The van der Waals surface area contributed by atoms with E-state index in [9.17, 15) is 4.79 Å². The van der Waals surface area contributed by atoms with Crippen LogP contribution in [0, 0.1) is 0 Å². The van der Waals surface area contributed by atoms with Crippen LogP contribution in [0.3, 0.4) is 0 Å². The number of carbonyl (C=O) groups is 1. The maximum absolute atomic E-state index is 10.1. The van der Waals surface area contributed by atoms with Gasteiger partial charge in [0.15, 0.2) is 0 Å². The second kappa shape index (κ2) is 5.44. The summed E-state index contributed by atoms with van der Waals surface area (Å²) in [5.74, 6) is 0. The molecule has 0 radical (unpaired) electrons. The van der Waals surface area contributed by atoms with Gasteiger partial charge in [-0.2, -0.15) is 0 Å². The van der Waals surface area contributed by atoms with E-state index < -0.39 is 0 Å². The maximum atomic E-state index is 10.1. The highest BCUT2D eigenvalue weighted by molar-refractivity contribution is 5.76. The van der Waals surface area contributed by atoms with E-state index in [1.165, 1.54) is 7.05 Å². The molecule has 60 valence electrons. The van der Waals surface area contributed by atoms with Crippen LogP contribution < -0.4 is 11.5 Å². The highest BCUT2D eigenvalue weighted by Gasteiger charge is 1.86. The Balaban J connectivity index is 0.000000461. The molecule has 0 aromatic heterocycles. The fourth-order valence-electron chi connectivity index (χ4n) is 0.632. The zero-order chi connectivity index (χ0) is 8.69. The minimum atomic E-state index is 0.620. The van der Waals surface area contributed by atoms with Crippen LogP contribution in [0.4, 0.5) is 5.69 Å². The zero-order valence-corrected chi connectivity index (χ0v) is 6.45. The quantitative estimate of drug-likeness (QED) is 0.458. The molecule has 0 saturated heterocycles. The summed E-state index contributed by atoms with van der Waals surface area (Å²) in [4.78, 5) is 10.1. The van der Waals surface area contributed by atoms with Crippen molar-refractivity contribution in [1.29, 1.82) is 0 Å². The number of nitrogen functional groups attached to an aromatic ring is 1. The summed E-state index contributed by atoms with van der Waals surface area (Å²) in [7, 11) is 1.50. The van der Waals surface area contributed by atoms with Gasteiger partial charge in [0.25, 0.3) is 0 Å². The molecule has 1 aromatic rings.